The third kappa shape index (κ3) is 2.42. The molecular weight excluding hydrogens is 315 g/mol. The van der Waals surface area contributed by atoms with E-state index in [4.69, 9.17) is 0 Å². The summed E-state index contributed by atoms with van der Waals surface area (Å²) < 4.78 is 1.44. The first kappa shape index (κ1) is 11.1. The van der Waals surface area contributed by atoms with Gasteiger partial charge in [0.15, 0.2) is 0 Å². The Bertz CT molecular complexity index is 457. The van der Waals surface area contributed by atoms with Gasteiger partial charge in [0.25, 0.3) is 0 Å². The van der Waals surface area contributed by atoms with Crippen LogP contribution in [0, 0.1) is 17.4 Å². The summed E-state index contributed by atoms with van der Waals surface area (Å²) in [6, 6.07) is 10.7. The van der Waals surface area contributed by atoms with Crippen molar-refractivity contribution in [3.8, 4) is 0 Å². The van der Waals surface area contributed by atoms with Crippen LogP contribution in [0.1, 0.15) is 20.9 Å². The lowest BCUT2D eigenvalue weighted by molar-refractivity contribution is 1.22. The molecule has 2 aromatic rings. The molecule has 0 radical (unpaired) electrons. The first-order valence-corrected chi connectivity index (χ1v) is 6.86. The Labute approximate surface area is 108 Å². The number of rotatable bonds is 2. The molecule has 0 nitrogen and oxygen atoms in total. The molecule has 2 heteroatoms. The predicted molar refractivity (Wildman–Crippen MR) is 75.8 cm³/mol. The van der Waals surface area contributed by atoms with Crippen molar-refractivity contribution in [1.29, 1.82) is 0 Å². The fourth-order valence-corrected chi connectivity index (χ4v) is 3.78. The lowest BCUT2D eigenvalue weighted by Gasteiger charge is -1.99. The zero-order chi connectivity index (χ0) is 10.8. The van der Waals surface area contributed by atoms with Gasteiger partial charge in [0, 0.05) is 19.7 Å². The minimum atomic E-state index is 1.07. The van der Waals surface area contributed by atoms with Crippen LogP contribution in [-0.4, -0.2) is 0 Å². The van der Waals surface area contributed by atoms with Crippen LogP contribution in [0.25, 0.3) is 0 Å². The zero-order valence-corrected chi connectivity index (χ0v) is 11.9. The van der Waals surface area contributed by atoms with Gasteiger partial charge in [-0.15, -0.1) is 11.3 Å². The molecule has 15 heavy (non-hydrogen) atoms. The fraction of sp³-hybridized carbons (Fsp3) is 0.231. The fourth-order valence-electron chi connectivity index (χ4n) is 1.56. The third-order valence-corrected chi connectivity index (χ3v) is 5.62. The van der Waals surface area contributed by atoms with E-state index in [1.807, 2.05) is 11.3 Å². The Morgan fingerprint density at radius 2 is 1.80 bits per heavy atom. The molecule has 1 aromatic carbocycles. The largest absolute Gasteiger partial charge is 0.144 e. The summed E-state index contributed by atoms with van der Waals surface area (Å²) in [5.74, 6) is 0. The molecule has 0 bridgehead atoms. The van der Waals surface area contributed by atoms with Crippen molar-refractivity contribution >= 4 is 33.9 Å². The van der Waals surface area contributed by atoms with Gasteiger partial charge in [-0.05, 0) is 47.6 Å². The van der Waals surface area contributed by atoms with Gasteiger partial charge in [0.05, 0.1) is 0 Å². The van der Waals surface area contributed by atoms with Crippen molar-refractivity contribution < 1.29 is 0 Å². The third-order valence-electron chi connectivity index (χ3n) is 2.59. The Morgan fingerprint density at radius 1 is 1.13 bits per heavy atom. The van der Waals surface area contributed by atoms with Crippen LogP contribution in [-0.2, 0) is 6.42 Å². The van der Waals surface area contributed by atoms with Crippen LogP contribution in [0.5, 0.6) is 0 Å². The molecule has 2 rings (SSSR count). The average Bonchev–Trinajstić information content (AvgIpc) is 2.48. The molecule has 0 saturated carbocycles. The van der Waals surface area contributed by atoms with Crippen LogP contribution in [0.2, 0.25) is 0 Å². The van der Waals surface area contributed by atoms with E-state index in [9.17, 15) is 0 Å². The Kier molecular flexibility index (Phi) is 3.46. The van der Waals surface area contributed by atoms with E-state index in [1.165, 1.54) is 24.5 Å². The summed E-state index contributed by atoms with van der Waals surface area (Å²) in [7, 11) is 0. The highest BCUT2D eigenvalue weighted by Crippen LogP contribution is 2.30. The lowest BCUT2D eigenvalue weighted by Crippen LogP contribution is -1.86. The maximum Gasteiger partial charge on any atom is 0.0304 e. The van der Waals surface area contributed by atoms with Gasteiger partial charge in [0.2, 0.25) is 0 Å². The van der Waals surface area contributed by atoms with Crippen LogP contribution < -0.4 is 0 Å². The molecule has 0 aliphatic carbocycles. The van der Waals surface area contributed by atoms with Crippen LogP contribution in [0.3, 0.4) is 0 Å². The van der Waals surface area contributed by atoms with E-state index in [1.54, 1.807) is 0 Å². The molecular formula is C13H13IS. The monoisotopic (exact) mass is 328 g/mol. The predicted octanol–water partition coefficient (Wildman–Crippen LogP) is 4.56. The summed E-state index contributed by atoms with van der Waals surface area (Å²) >= 11 is 4.39. The van der Waals surface area contributed by atoms with Gasteiger partial charge in [0.1, 0.15) is 0 Å². The van der Waals surface area contributed by atoms with Crippen LogP contribution >= 0.6 is 33.9 Å². The van der Waals surface area contributed by atoms with Crippen molar-refractivity contribution in [1.82, 2.24) is 0 Å². The molecule has 0 amide bonds. The lowest BCUT2D eigenvalue weighted by atomic mass is 10.1. The van der Waals surface area contributed by atoms with Gasteiger partial charge < -0.3 is 0 Å². The highest BCUT2D eigenvalue weighted by molar-refractivity contribution is 14.1. The molecule has 0 aliphatic rings. The topological polar surface area (TPSA) is 0 Å². The molecule has 0 atom stereocenters. The smallest absolute Gasteiger partial charge is 0.0304 e. The second-order valence-electron chi connectivity index (χ2n) is 3.68. The molecule has 0 spiro atoms. The Hall–Kier alpha value is -0.350. The van der Waals surface area contributed by atoms with Crippen molar-refractivity contribution in [3.05, 3.63) is 54.8 Å². The summed E-state index contributed by atoms with van der Waals surface area (Å²) in [5, 5.41) is 0. The normalized spacial score (nSPS) is 10.6. The zero-order valence-electron chi connectivity index (χ0n) is 8.88. The molecule has 0 fully saturated rings. The van der Waals surface area contributed by atoms with Crippen molar-refractivity contribution in [2.24, 2.45) is 0 Å². The first-order chi connectivity index (χ1) is 7.18. The maximum absolute atomic E-state index is 2.46. The Balaban J connectivity index is 2.29. The van der Waals surface area contributed by atoms with Crippen molar-refractivity contribution in [2.45, 2.75) is 20.3 Å². The van der Waals surface area contributed by atoms with E-state index in [0.29, 0.717) is 0 Å². The van der Waals surface area contributed by atoms with Crippen molar-refractivity contribution in [3.63, 3.8) is 0 Å². The summed E-state index contributed by atoms with van der Waals surface area (Å²) in [6.07, 6.45) is 1.07. The Morgan fingerprint density at radius 3 is 2.33 bits per heavy atom. The molecule has 0 saturated heterocycles. The van der Waals surface area contributed by atoms with Gasteiger partial charge >= 0.3 is 0 Å². The van der Waals surface area contributed by atoms with Gasteiger partial charge in [-0.3, -0.25) is 0 Å². The molecule has 0 aliphatic heterocycles. The average molecular weight is 328 g/mol. The number of aryl methyl sites for hydroxylation is 1. The van der Waals surface area contributed by atoms with Gasteiger partial charge in [-0.1, -0.05) is 30.3 Å². The van der Waals surface area contributed by atoms with Gasteiger partial charge in [-0.25, -0.2) is 0 Å². The van der Waals surface area contributed by atoms with E-state index in [-0.39, 0.29) is 0 Å². The number of halogens is 1. The molecule has 1 heterocycles. The van der Waals surface area contributed by atoms with E-state index < -0.39 is 0 Å². The second-order valence-corrected chi connectivity index (χ2v) is 6.07. The summed E-state index contributed by atoms with van der Waals surface area (Å²) in [6.45, 7) is 4.42. The van der Waals surface area contributed by atoms with Crippen molar-refractivity contribution in [2.75, 3.05) is 0 Å². The highest BCUT2D eigenvalue weighted by atomic mass is 127. The molecule has 0 unspecified atom stereocenters. The van der Waals surface area contributed by atoms with Crippen LogP contribution in [0.4, 0.5) is 0 Å². The molecule has 1 aromatic heterocycles. The van der Waals surface area contributed by atoms with Crippen LogP contribution in [0.15, 0.2) is 30.3 Å². The van der Waals surface area contributed by atoms with E-state index in [0.717, 1.165) is 6.42 Å². The van der Waals surface area contributed by atoms with E-state index >= 15 is 0 Å². The van der Waals surface area contributed by atoms with Gasteiger partial charge in [-0.2, -0.15) is 0 Å². The number of benzene rings is 1. The quantitative estimate of drug-likeness (QED) is 0.709. The van der Waals surface area contributed by atoms with E-state index in [2.05, 4.69) is 66.8 Å². The summed E-state index contributed by atoms with van der Waals surface area (Å²) in [5.41, 5.74) is 2.85. The first-order valence-electron chi connectivity index (χ1n) is 4.97. The number of thiophene rings is 1. The minimum Gasteiger partial charge on any atom is -0.144 e. The SMILES string of the molecule is Cc1sc(Cc2ccccc2)c(I)c1C. The standard InChI is InChI=1S/C13H13IS/c1-9-10(2)15-12(13(9)14)8-11-6-4-3-5-7-11/h3-7H,8H2,1-2H3. The maximum atomic E-state index is 2.46. The summed E-state index contributed by atoms with van der Waals surface area (Å²) in [4.78, 5) is 2.95. The number of hydrogen-bond acceptors (Lipinski definition) is 1. The molecule has 78 valence electrons. The second kappa shape index (κ2) is 4.66. The molecule has 0 N–H and O–H groups in total. The minimum absolute atomic E-state index is 1.07. The highest BCUT2D eigenvalue weighted by Gasteiger charge is 2.09. The number of hydrogen-bond donors (Lipinski definition) is 0.